The summed E-state index contributed by atoms with van der Waals surface area (Å²) in [4.78, 5) is 25.5. The number of carbonyl (C=O) groups excluding carboxylic acids is 1. The van der Waals surface area contributed by atoms with Crippen LogP contribution in [0.5, 0.6) is 0 Å². The molecular formula is C17H23N5O4. The summed E-state index contributed by atoms with van der Waals surface area (Å²) in [6, 6.07) is 6.84. The first-order chi connectivity index (χ1) is 12.5. The average molecular weight is 361 g/mol. The highest BCUT2D eigenvalue weighted by molar-refractivity contribution is 5.94. The van der Waals surface area contributed by atoms with Crippen LogP contribution in [0, 0.1) is 5.92 Å². The fourth-order valence-electron chi connectivity index (χ4n) is 2.41. The molecule has 0 fully saturated rings. The number of benzene rings is 1. The van der Waals surface area contributed by atoms with Gasteiger partial charge in [0.05, 0.1) is 11.6 Å². The number of tetrazole rings is 1. The molecule has 2 aromatic rings. The number of aliphatic carboxylic acids is 1. The van der Waals surface area contributed by atoms with E-state index in [4.69, 9.17) is 9.84 Å². The third-order valence-electron chi connectivity index (χ3n) is 3.85. The van der Waals surface area contributed by atoms with Gasteiger partial charge in [-0.1, -0.05) is 6.92 Å². The zero-order valence-electron chi connectivity index (χ0n) is 14.9. The Hall–Kier alpha value is -2.81. The predicted molar refractivity (Wildman–Crippen MR) is 93.0 cm³/mol. The summed E-state index contributed by atoms with van der Waals surface area (Å²) in [5.41, 5.74) is 1.21. The van der Waals surface area contributed by atoms with Gasteiger partial charge in [-0.05, 0) is 48.0 Å². The number of carbonyl (C=O) groups is 2. The second kappa shape index (κ2) is 9.62. The molecule has 0 aliphatic heterocycles. The van der Waals surface area contributed by atoms with Crippen molar-refractivity contribution < 1.29 is 19.4 Å². The third kappa shape index (κ3) is 5.35. The highest BCUT2D eigenvalue weighted by Gasteiger charge is 2.21. The quantitative estimate of drug-likeness (QED) is 0.634. The Morgan fingerprint density at radius 1 is 1.31 bits per heavy atom. The van der Waals surface area contributed by atoms with Crippen molar-refractivity contribution >= 4 is 11.9 Å². The molecule has 140 valence electrons. The van der Waals surface area contributed by atoms with Gasteiger partial charge in [0, 0.05) is 31.9 Å². The molecule has 1 heterocycles. The molecule has 9 nitrogen and oxygen atoms in total. The average Bonchev–Trinajstić information content (AvgIpc) is 3.18. The molecule has 0 saturated carbocycles. The van der Waals surface area contributed by atoms with E-state index in [1.54, 1.807) is 36.1 Å². The molecule has 0 saturated heterocycles. The summed E-state index contributed by atoms with van der Waals surface area (Å²) in [6.07, 6.45) is 2.11. The molecule has 1 amide bonds. The molecule has 0 aliphatic rings. The molecule has 0 spiro atoms. The van der Waals surface area contributed by atoms with E-state index >= 15 is 0 Å². The van der Waals surface area contributed by atoms with Crippen LogP contribution in [0.1, 0.15) is 30.6 Å². The zero-order chi connectivity index (χ0) is 18.9. The van der Waals surface area contributed by atoms with Gasteiger partial charge >= 0.3 is 5.97 Å². The first-order valence-electron chi connectivity index (χ1n) is 8.46. The van der Waals surface area contributed by atoms with E-state index < -0.39 is 11.9 Å². The Kier molecular flexibility index (Phi) is 7.22. The lowest BCUT2D eigenvalue weighted by molar-refractivity contribution is -0.141. The largest absolute Gasteiger partial charge is 0.481 e. The summed E-state index contributed by atoms with van der Waals surface area (Å²) in [7, 11) is 0. The molecule has 1 N–H and O–H groups in total. The van der Waals surface area contributed by atoms with E-state index in [0.29, 0.717) is 31.7 Å². The van der Waals surface area contributed by atoms with E-state index in [9.17, 15) is 9.59 Å². The second-order valence-electron chi connectivity index (χ2n) is 5.84. The van der Waals surface area contributed by atoms with Gasteiger partial charge in [-0.3, -0.25) is 9.59 Å². The zero-order valence-corrected chi connectivity index (χ0v) is 14.9. The van der Waals surface area contributed by atoms with E-state index in [1.165, 1.54) is 11.0 Å². The minimum atomic E-state index is -0.929. The van der Waals surface area contributed by atoms with Crippen LogP contribution in [0.15, 0.2) is 30.6 Å². The van der Waals surface area contributed by atoms with Crippen molar-refractivity contribution in [1.29, 1.82) is 0 Å². The van der Waals surface area contributed by atoms with Crippen molar-refractivity contribution in [2.45, 2.75) is 20.3 Å². The van der Waals surface area contributed by atoms with Crippen LogP contribution in [-0.4, -0.2) is 68.4 Å². The monoisotopic (exact) mass is 361 g/mol. The molecule has 1 aromatic carbocycles. The SMILES string of the molecule is CCOCCCN(CC(C)C(=O)O)C(=O)c1ccc(-n2cnnn2)cc1. The van der Waals surface area contributed by atoms with Crippen molar-refractivity contribution in [3.8, 4) is 5.69 Å². The fraction of sp³-hybridized carbons (Fsp3) is 0.471. The number of carboxylic acid groups (broad SMARTS) is 1. The Morgan fingerprint density at radius 3 is 2.62 bits per heavy atom. The third-order valence-corrected chi connectivity index (χ3v) is 3.85. The van der Waals surface area contributed by atoms with E-state index in [1.807, 2.05) is 6.92 Å². The molecular weight excluding hydrogens is 338 g/mol. The fourth-order valence-corrected chi connectivity index (χ4v) is 2.41. The maximum absolute atomic E-state index is 12.8. The van der Waals surface area contributed by atoms with Gasteiger partial charge in [-0.25, -0.2) is 4.68 Å². The number of rotatable bonds is 10. The number of hydrogen-bond donors (Lipinski definition) is 1. The number of amides is 1. The summed E-state index contributed by atoms with van der Waals surface area (Å²) in [5.74, 6) is -1.79. The van der Waals surface area contributed by atoms with Crippen LogP contribution in [0.2, 0.25) is 0 Å². The topological polar surface area (TPSA) is 110 Å². The summed E-state index contributed by atoms with van der Waals surface area (Å²) < 4.78 is 6.79. The summed E-state index contributed by atoms with van der Waals surface area (Å²) in [5, 5.41) is 20.1. The Labute approximate surface area is 151 Å². The maximum Gasteiger partial charge on any atom is 0.308 e. The molecule has 0 bridgehead atoms. The molecule has 0 aliphatic carbocycles. The first kappa shape index (κ1) is 19.5. The number of nitrogens with zero attached hydrogens (tertiary/aromatic N) is 5. The van der Waals surface area contributed by atoms with Crippen LogP contribution in [0.25, 0.3) is 5.69 Å². The first-order valence-corrected chi connectivity index (χ1v) is 8.46. The Balaban J connectivity index is 2.09. The van der Waals surface area contributed by atoms with Gasteiger partial charge in [0.15, 0.2) is 0 Å². The van der Waals surface area contributed by atoms with Crippen LogP contribution < -0.4 is 0 Å². The van der Waals surface area contributed by atoms with Crippen LogP contribution in [-0.2, 0) is 9.53 Å². The highest BCUT2D eigenvalue weighted by atomic mass is 16.5. The number of aromatic nitrogens is 4. The summed E-state index contributed by atoms with van der Waals surface area (Å²) in [6.45, 7) is 5.21. The molecule has 1 unspecified atom stereocenters. The molecule has 2 rings (SSSR count). The normalized spacial score (nSPS) is 11.9. The number of hydrogen-bond acceptors (Lipinski definition) is 6. The van der Waals surface area contributed by atoms with E-state index in [0.717, 1.165) is 5.69 Å². The van der Waals surface area contributed by atoms with Crippen LogP contribution in [0.4, 0.5) is 0 Å². The van der Waals surface area contributed by atoms with Crippen LogP contribution in [0.3, 0.4) is 0 Å². The van der Waals surface area contributed by atoms with Crippen molar-refractivity contribution in [1.82, 2.24) is 25.1 Å². The van der Waals surface area contributed by atoms with E-state index in [2.05, 4.69) is 15.5 Å². The molecule has 1 atom stereocenters. The standard InChI is InChI=1S/C17H23N5O4/c1-3-26-10-4-9-21(11-13(2)17(24)25)16(23)14-5-7-15(8-6-14)22-12-18-19-20-22/h5-8,12-13H,3-4,9-11H2,1-2H3,(H,24,25). The van der Waals surface area contributed by atoms with E-state index in [-0.39, 0.29) is 12.5 Å². The maximum atomic E-state index is 12.8. The Morgan fingerprint density at radius 2 is 2.04 bits per heavy atom. The van der Waals surface area contributed by atoms with Crippen molar-refractivity contribution in [3.63, 3.8) is 0 Å². The minimum Gasteiger partial charge on any atom is -0.481 e. The number of carboxylic acids is 1. The van der Waals surface area contributed by atoms with Gasteiger partial charge in [-0.2, -0.15) is 0 Å². The Bertz CT molecular complexity index is 702. The van der Waals surface area contributed by atoms with Crippen LogP contribution >= 0.6 is 0 Å². The van der Waals surface area contributed by atoms with Crippen molar-refractivity contribution in [3.05, 3.63) is 36.2 Å². The molecule has 9 heteroatoms. The summed E-state index contributed by atoms with van der Waals surface area (Å²) >= 11 is 0. The van der Waals surface area contributed by atoms with Gasteiger partial charge in [0.1, 0.15) is 6.33 Å². The number of ether oxygens (including phenoxy) is 1. The molecule has 1 aromatic heterocycles. The van der Waals surface area contributed by atoms with Crippen molar-refractivity contribution in [2.24, 2.45) is 5.92 Å². The second-order valence-corrected chi connectivity index (χ2v) is 5.84. The predicted octanol–water partition coefficient (Wildman–Crippen LogP) is 1.25. The van der Waals surface area contributed by atoms with Gasteiger partial charge in [0.25, 0.3) is 5.91 Å². The van der Waals surface area contributed by atoms with Gasteiger partial charge in [-0.15, -0.1) is 5.10 Å². The lowest BCUT2D eigenvalue weighted by Gasteiger charge is -2.24. The lowest BCUT2D eigenvalue weighted by Crippen LogP contribution is -2.38. The minimum absolute atomic E-state index is 0.148. The highest BCUT2D eigenvalue weighted by Crippen LogP contribution is 2.12. The van der Waals surface area contributed by atoms with Gasteiger partial charge in [0.2, 0.25) is 0 Å². The molecule has 26 heavy (non-hydrogen) atoms. The lowest BCUT2D eigenvalue weighted by atomic mass is 10.1. The smallest absolute Gasteiger partial charge is 0.308 e. The molecule has 0 radical (unpaired) electrons. The van der Waals surface area contributed by atoms with Crippen molar-refractivity contribution in [2.75, 3.05) is 26.3 Å². The van der Waals surface area contributed by atoms with Gasteiger partial charge < -0.3 is 14.7 Å².